The third-order valence-electron chi connectivity index (χ3n) is 5.20. The fraction of sp³-hybridized carbons (Fsp3) is 0.250. The number of aromatic nitrogens is 2. The van der Waals surface area contributed by atoms with E-state index in [0.717, 1.165) is 37.3 Å². The second kappa shape index (κ2) is 5.28. The van der Waals surface area contributed by atoms with Crippen LogP contribution in [0, 0.1) is 0 Å². The van der Waals surface area contributed by atoms with Crippen molar-refractivity contribution in [2.75, 3.05) is 11.4 Å². The lowest BCUT2D eigenvalue weighted by atomic mass is 10.1. The Balaban J connectivity index is 1.59. The van der Waals surface area contributed by atoms with Gasteiger partial charge < -0.3 is 4.90 Å². The summed E-state index contributed by atoms with van der Waals surface area (Å²) in [5.41, 5.74) is 3.39. The molecule has 0 aliphatic carbocycles. The number of aryl methyl sites for hydroxylation is 1. The summed E-state index contributed by atoms with van der Waals surface area (Å²) in [6.07, 6.45) is 2.65. The molecule has 5 rings (SSSR count). The summed E-state index contributed by atoms with van der Waals surface area (Å²) < 4.78 is 1.75. The van der Waals surface area contributed by atoms with Crippen molar-refractivity contribution in [1.29, 1.82) is 0 Å². The number of hydrogen-bond donors (Lipinski definition) is 0. The third-order valence-corrected chi connectivity index (χ3v) is 5.20. The van der Waals surface area contributed by atoms with E-state index < -0.39 is 0 Å². The van der Waals surface area contributed by atoms with Crippen LogP contribution in [0.15, 0.2) is 47.3 Å². The molecule has 3 aromatic rings. The zero-order valence-corrected chi connectivity index (χ0v) is 13.7. The second-order valence-corrected chi connectivity index (χ2v) is 6.66. The minimum atomic E-state index is -0.0331. The van der Waals surface area contributed by atoms with Gasteiger partial charge in [-0.3, -0.25) is 14.2 Å². The maximum absolute atomic E-state index is 13.0. The van der Waals surface area contributed by atoms with Gasteiger partial charge in [0.2, 0.25) is 0 Å². The first-order valence-electron chi connectivity index (χ1n) is 8.65. The molecule has 0 unspecified atom stereocenters. The smallest absolute Gasteiger partial charge is 0.261 e. The average Bonchev–Trinajstić information content (AvgIpc) is 3.27. The van der Waals surface area contributed by atoms with Crippen molar-refractivity contribution in [1.82, 2.24) is 9.55 Å². The van der Waals surface area contributed by atoms with Gasteiger partial charge in [-0.2, -0.15) is 0 Å². The molecule has 5 nitrogen and oxygen atoms in total. The molecule has 25 heavy (non-hydrogen) atoms. The fourth-order valence-corrected chi connectivity index (χ4v) is 3.92. The van der Waals surface area contributed by atoms with E-state index in [2.05, 4.69) is 11.1 Å². The monoisotopic (exact) mass is 331 g/mol. The lowest BCUT2D eigenvalue weighted by molar-refractivity contribution is 0.0989. The van der Waals surface area contributed by atoms with Crippen LogP contribution in [0.4, 0.5) is 5.69 Å². The van der Waals surface area contributed by atoms with Crippen molar-refractivity contribution in [3.8, 4) is 0 Å². The van der Waals surface area contributed by atoms with Gasteiger partial charge in [0, 0.05) is 30.8 Å². The summed E-state index contributed by atoms with van der Waals surface area (Å²) in [5, 5.41) is 0.587. The minimum Gasteiger partial charge on any atom is -0.308 e. The molecule has 0 radical (unpaired) electrons. The van der Waals surface area contributed by atoms with Crippen molar-refractivity contribution >= 4 is 22.5 Å². The quantitative estimate of drug-likeness (QED) is 0.688. The van der Waals surface area contributed by atoms with E-state index >= 15 is 0 Å². The summed E-state index contributed by atoms with van der Waals surface area (Å²) in [6, 6.07) is 13.3. The van der Waals surface area contributed by atoms with Crippen LogP contribution in [0.25, 0.3) is 10.9 Å². The average molecular weight is 331 g/mol. The van der Waals surface area contributed by atoms with Crippen LogP contribution in [0.1, 0.15) is 28.2 Å². The summed E-state index contributed by atoms with van der Waals surface area (Å²) >= 11 is 0. The van der Waals surface area contributed by atoms with Gasteiger partial charge in [-0.25, -0.2) is 4.98 Å². The van der Waals surface area contributed by atoms with Crippen molar-refractivity contribution in [2.24, 2.45) is 0 Å². The van der Waals surface area contributed by atoms with Crippen molar-refractivity contribution in [3.05, 3.63) is 69.8 Å². The number of hydrogen-bond acceptors (Lipinski definition) is 3. The van der Waals surface area contributed by atoms with E-state index in [4.69, 9.17) is 0 Å². The Hall–Kier alpha value is -2.95. The van der Waals surface area contributed by atoms with E-state index in [1.165, 1.54) is 5.56 Å². The second-order valence-electron chi connectivity index (χ2n) is 6.66. The fourth-order valence-electron chi connectivity index (χ4n) is 3.92. The summed E-state index contributed by atoms with van der Waals surface area (Å²) in [6.45, 7) is 1.43. The van der Waals surface area contributed by atoms with Crippen LogP contribution in [0.3, 0.4) is 0 Å². The van der Waals surface area contributed by atoms with Crippen LogP contribution in [0.5, 0.6) is 0 Å². The molecule has 2 aromatic carbocycles. The van der Waals surface area contributed by atoms with E-state index in [1.54, 1.807) is 22.8 Å². The molecule has 0 N–H and O–H groups in total. The molecule has 0 spiro atoms. The topological polar surface area (TPSA) is 55.2 Å². The highest BCUT2D eigenvalue weighted by molar-refractivity contribution is 6.08. The first-order valence-corrected chi connectivity index (χ1v) is 8.65. The minimum absolute atomic E-state index is 0.00279. The highest BCUT2D eigenvalue weighted by Gasteiger charge is 2.25. The molecular formula is C20H17N3O2. The molecule has 0 saturated carbocycles. The van der Waals surface area contributed by atoms with E-state index in [1.807, 2.05) is 23.1 Å². The number of carbonyl (C=O) groups is 1. The number of nitrogens with zero attached hydrogens (tertiary/aromatic N) is 3. The Bertz CT molecular complexity index is 1080. The normalized spacial score (nSPS) is 15.4. The molecule has 0 fully saturated rings. The summed E-state index contributed by atoms with van der Waals surface area (Å²) in [5.74, 6) is 0.794. The van der Waals surface area contributed by atoms with Gasteiger partial charge in [0.05, 0.1) is 10.9 Å². The number of benzene rings is 2. The van der Waals surface area contributed by atoms with Gasteiger partial charge in [0.1, 0.15) is 5.82 Å². The Kier molecular flexibility index (Phi) is 3.04. The zero-order valence-electron chi connectivity index (χ0n) is 13.7. The van der Waals surface area contributed by atoms with Gasteiger partial charge in [-0.1, -0.05) is 18.2 Å². The van der Waals surface area contributed by atoms with Crippen molar-refractivity contribution < 1.29 is 4.79 Å². The first-order chi connectivity index (χ1) is 12.2. The molecule has 2 aliphatic heterocycles. The Morgan fingerprint density at radius 1 is 1.04 bits per heavy atom. The standard InChI is InChI=1S/C20H17N3O2/c24-19(22-11-9-13-4-1-2-5-17(13)22)14-7-8-15-16(12-14)21-18-6-3-10-23(18)20(15)25/h1-2,4-5,7-8,12H,3,6,9-11H2. The predicted molar refractivity (Wildman–Crippen MR) is 96.1 cm³/mol. The van der Waals surface area contributed by atoms with Crippen LogP contribution in [0.2, 0.25) is 0 Å². The summed E-state index contributed by atoms with van der Waals surface area (Å²) in [4.78, 5) is 32.0. The lowest BCUT2D eigenvalue weighted by Crippen LogP contribution is -2.29. The largest absolute Gasteiger partial charge is 0.308 e. The molecule has 124 valence electrons. The maximum atomic E-state index is 13.0. The van der Waals surface area contributed by atoms with Gasteiger partial charge in [-0.05, 0) is 42.7 Å². The molecule has 2 aliphatic rings. The Labute approximate surface area is 144 Å². The Morgan fingerprint density at radius 3 is 2.84 bits per heavy atom. The first kappa shape index (κ1) is 14.4. The van der Waals surface area contributed by atoms with Gasteiger partial charge in [0.15, 0.2) is 0 Å². The molecule has 1 aromatic heterocycles. The number of amides is 1. The highest BCUT2D eigenvalue weighted by Crippen LogP contribution is 2.29. The molecule has 5 heteroatoms. The van der Waals surface area contributed by atoms with Gasteiger partial charge in [-0.15, -0.1) is 0 Å². The number of para-hydroxylation sites is 1. The van der Waals surface area contributed by atoms with E-state index in [-0.39, 0.29) is 11.5 Å². The van der Waals surface area contributed by atoms with Crippen LogP contribution in [-0.4, -0.2) is 22.0 Å². The van der Waals surface area contributed by atoms with E-state index in [9.17, 15) is 9.59 Å². The number of carbonyl (C=O) groups excluding carboxylic acids is 1. The maximum Gasteiger partial charge on any atom is 0.261 e. The molecular weight excluding hydrogens is 314 g/mol. The number of fused-ring (bicyclic) bond motifs is 3. The molecule has 3 heterocycles. The summed E-state index contributed by atoms with van der Waals surface area (Å²) in [7, 11) is 0. The van der Waals surface area contributed by atoms with E-state index in [0.29, 0.717) is 23.0 Å². The molecule has 0 bridgehead atoms. The molecule has 0 atom stereocenters. The van der Waals surface area contributed by atoms with Crippen molar-refractivity contribution in [2.45, 2.75) is 25.8 Å². The van der Waals surface area contributed by atoms with Crippen LogP contribution < -0.4 is 10.5 Å². The SMILES string of the molecule is O=C(c1ccc2c(=O)n3c(nc2c1)CCC3)N1CCc2ccccc21. The van der Waals surface area contributed by atoms with Crippen LogP contribution >= 0.6 is 0 Å². The van der Waals surface area contributed by atoms with Crippen molar-refractivity contribution in [3.63, 3.8) is 0 Å². The molecule has 1 amide bonds. The number of rotatable bonds is 1. The predicted octanol–water partition coefficient (Wildman–Crippen LogP) is 2.55. The Morgan fingerprint density at radius 2 is 1.92 bits per heavy atom. The molecule has 0 saturated heterocycles. The van der Waals surface area contributed by atoms with Crippen LogP contribution in [-0.2, 0) is 19.4 Å². The lowest BCUT2D eigenvalue weighted by Gasteiger charge is -2.17. The zero-order chi connectivity index (χ0) is 17.0. The van der Waals surface area contributed by atoms with Gasteiger partial charge >= 0.3 is 0 Å². The van der Waals surface area contributed by atoms with Gasteiger partial charge in [0.25, 0.3) is 11.5 Å². The highest BCUT2D eigenvalue weighted by atomic mass is 16.2. The third kappa shape index (κ3) is 2.12. The number of anilines is 1.